The molecule has 0 bridgehead atoms. The minimum absolute atomic E-state index is 0.0155. The first-order chi connectivity index (χ1) is 24.6. The maximum absolute atomic E-state index is 14.1. The van der Waals surface area contributed by atoms with E-state index in [2.05, 4.69) is 15.2 Å². The highest BCUT2D eigenvalue weighted by Crippen LogP contribution is 2.27. The van der Waals surface area contributed by atoms with Crippen LogP contribution in [0.5, 0.6) is 0 Å². The maximum Gasteiger partial charge on any atom is 0.417 e. The summed E-state index contributed by atoms with van der Waals surface area (Å²) in [6.07, 6.45) is 2.08. The summed E-state index contributed by atoms with van der Waals surface area (Å²) in [7, 11) is 0. The Kier molecular flexibility index (Phi) is 10.0. The number of rotatable bonds is 6. The van der Waals surface area contributed by atoms with Gasteiger partial charge in [-0.15, -0.1) is 0 Å². The van der Waals surface area contributed by atoms with E-state index in [1.54, 1.807) is 22.8 Å². The number of nitrogens with zero attached hydrogens (tertiary/aromatic N) is 5. The predicted molar refractivity (Wildman–Crippen MR) is 189 cm³/mol. The molecule has 0 spiro atoms. The van der Waals surface area contributed by atoms with Crippen LogP contribution in [0.3, 0.4) is 0 Å². The lowest BCUT2D eigenvalue weighted by atomic mass is 9.99. The molecule has 3 aromatic rings. The van der Waals surface area contributed by atoms with Crippen LogP contribution in [0.15, 0.2) is 45.6 Å². The van der Waals surface area contributed by atoms with Crippen molar-refractivity contribution in [2.24, 2.45) is 0 Å². The summed E-state index contributed by atoms with van der Waals surface area (Å²) < 4.78 is 11.4. The number of fused-ring (bicyclic) bond motifs is 2. The number of urea groups is 1. The van der Waals surface area contributed by atoms with Gasteiger partial charge < -0.3 is 34.1 Å². The monoisotopic (exact) mass is 701 g/mol. The Balaban J connectivity index is 0.999. The van der Waals surface area contributed by atoms with Crippen LogP contribution in [0.4, 0.5) is 15.3 Å². The summed E-state index contributed by atoms with van der Waals surface area (Å²) in [6, 6.07) is 11.6. The molecule has 5 heterocycles. The van der Waals surface area contributed by atoms with E-state index in [1.165, 1.54) is 0 Å². The van der Waals surface area contributed by atoms with E-state index in [0.29, 0.717) is 75.8 Å². The average molecular weight is 702 g/mol. The van der Waals surface area contributed by atoms with Crippen LogP contribution in [0.2, 0.25) is 0 Å². The molecule has 3 fully saturated rings. The van der Waals surface area contributed by atoms with Crippen molar-refractivity contribution in [3.05, 3.63) is 63.6 Å². The number of carbonyl (C=O) groups is 4. The largest absolute Gasteiger partial charge is 0.436 e. The third kappa shape index (κ3) is 7.60. The number of hydrogen-bond acceptors (Lipinski definition) is 8. The number of piperidine rings is 2. The zero-order valence-corrected chi connectivity index (χ0v) is 29.4. The Morgan fingerprint density at radius 3 is 2.27 bits per heavy atom. The molecule has 2 aromatic carbocycles. The van der Waals surface area contributed by atoms with Crippen LogP contribution in [-0.2, 0) is 27.2 Å². The van der Waals surface area contributed by atoms with Gasteiger partial charge in [0.25, 0.3) is 5.91 Å². The lowest BCUT2D eigenvalue weighted by molar-refractivity contribution is -0.143. The van der Waals surface area contributed by atoms with Crippen molar-refractivity contribution in [3.8, 4) is 0 Å². The molecule has 0 radical (unpaired) electrons. The molecular formula is C37H47N7O7. The fourth-order valence-electron chi connectivity index (χ4n) is 8.16. The smallest absolute Gasteiger partial charge is 0.417 e. The molecule has 5 amide bonds. The van der Waals surface area contributed by atoms with Gasteiger partial charge in [-0.25, -0.2) is 14.4 Å². The van der Waals surface area contributed by atoms with Crippen LogP contribution >= 0.6 is 0 Å². The Bertz CT molecular complexity index is 1830. The van der Waals surface area contributed by atoms with E-state index in [-0.39, 0.29) is 30.3 Å². The first-order valence-electron chi connectivity index (χ1n) is 18.1. The van der Waals surface area contributed by atoms with Gasteiger partial charge in [-0.05, 0) is 67.9 Å². The Hall–Kier alpha value is -4.85. The number of ether oxygens (including phenoxy) is 1. The van der Waals surface area contributed by atoms with Gasteiger partial charge in [0.2, 0.25) is 5.91 Å². The molecule has 2 N–H and O–H groups in total. The van der Waals surface area contributed by atoms with Crippen LogP contribution in [0.1, 0.15) is 49.3 Å². The van der Waals surface area contributed by atoms with E-state index in [1.807, 2.05) is 47.1 Å². The molecule has 0 saturated carbocycles. The number of nitrogens with one attached hydrogen (secondary N) is 2. The molecule has 51 heavy (non-hydrogen) atoms. The number of H-pyrrole nitrogens is 1. The number of amides is 5. The van der Waals surface area contributed by atoms with Gasteiger partial charge in [0.1, 0.15) is 0 Å². The number of likely N-dealkylation sites (tertiary alicyclic amines) is 2. The fraction of sp³-hybridized carbons (Fsp3) is 0.541. The summed E-state index contributed by atoms with van der Waals surface area (Å²) in [5.74, 6) is -0.697. The molecule has 272 valence electrons. The van der Waals surface area contributed by atoms with E-state index < -0.39 is 18.0 Å². The molecule has 1 aromatic heterocycles. The second kappa shape index (κ2) is 14.8. The van der Waals surface area contributed by atoms with Crippen molar-refractivity contribution in [2.45, 2.75) is 70.6 Å². The van der Waals surface area contributed by atoms with Crippen LogP contribution < -0.4 is 11.1 Å². The highest BCUT2D eigenvalue weighted by atomic mass is 16.6. The summed E-state index contributed by atoms with van der Waals surface area (Å²) in [6.45, 7) is 9.04. The molecule has 1 atom stereocenters. The number of anilines is 1. The Morgan fingerprint density at radius 1 is 0.863 bits per heavy atom. The molecule has 0 unspecified atom stereocenters. The van der Waals surface area contributed by atoms with Crippen LogP contribution in [0.25, 0.3) is 11.1 Å². The van der Waals surface area contributed by atoms with Crippen molar-refractivity contribution in [1.29, 1.82) is 0 Å². The normalized spacial score (nSPS) is 20.2. The van der Waals surface area contributed by atoms with E-state index in [4.69, 9.17) is 9.15 Å². The van der Waals surface area contributed by atoms with Crippen LogP contribution in [0, 0.1) is 6.92 Å². The minimum atomic E-state index is -1.07. The third-order valence-corrected chi connectivity index (χ3v) is 11.1. The Morgan fingerprint density at radius 2 is 1.55 bits per heavy atom. The maximum atomic E-state index is 14.1. The molecule has 4 aliphatic heterocycles. The average Bonchev–Trinajstić information content (AvgIpc) is 3.43. The van der Waals surface area contributed by atoms with Crippen LogP contribution in [-0.4, -0.2) is 131 Å². The van der Waals surface area contributed by atoms with Gasteiger partial charge >= 0.3 is 17.9 Å². The minimum Gasteiger partial charge on any atom is -0.436 e. The number of aryl methyl sites for hydroxylation is 1. The summed E-state index contributed by atoms with van der Waals surface area (Å²) in [5, 5.41) is 3.04. The highest BCUT2D eigenvalue weighted by molar-refractivity contribution is 5.91. The van der Waals surface area contributed by atoms with Gasteiger partial charge in [0, 0.05) is 90.0 Å². The molecule has 14 heteroatoms. The van der Waals surface area contributed by atoms with Crippen molar-refractivity contribution in [2.75, 3.05) is 64.2 Å². The summed E-state index contributed by atoms with van der Waals surface area (Å²) in [5.41, 5.74) is 4.44. The predicted octanol–water partition coefficient (Wildman–Crippen LogP) is 3.19. The molecule has 0 aliphatic carbocycles. The van der Waals surface area contributed by atoms with Gasteiger partial charge in [-0.2, -0.15) is 0 Å². The number of carbonyl (C=O) groups excluding carboxylic acids is 4. The zero-order chi connectivity index (χ0) is 35.6. The molecular weight excluding hydrogens is 654 g/mol. The number of oxazole rings is 1. The topological polar surface area (TPSA) is 152 Å². The molecule has 14 nitrogen and oxygen atoms in total. The molecule has 4 aliphatic rings. The van der Waals surface area contributed by atoms with Gasteiger partial charge in [0.05, 0.1) is 5.52 Å². The van der Waals surface area contributed by atoms with E-state index in [0.717, 1.165) is 54.7 Å². The summed E-state index contributed by atoms with van der Waals surface area (Å²) in [4.78, 5) is 76.9. The summed E-state index contributed by atoms with van der Waals surface area (Å²) >= 11 is 0. The Labute approximate surface area is 296 Å². The van der Waals surface area contributed by atoms with Gasteiger partial charge in [-0.1, -0.05) is 24.3 Å². The van der Waals surface area contributed by atoms with Crippen molar-refractivity contribution in [1.82, 2.24) is 29.5 Å². The quantitative estimate of drug-likeness (QED) is 0.398. The second-order valence-electron chi connectivity index (χ2n) is 14.2. The van der Waals surface area contributed by atoms with E-state index >= 15 is 0 Å². The number of piperazine rings is 1. The van der Waals surface area contributed by atoms with Gasteiger partial charge in [-0.3, -0.25) is 19.5 Å². The van der Waals surface area contributed by atoms with Crippen molar-refractivity contribution < 1.29 is 28.3 Å². The number of para-hydroxylation sites is 1. The number of hydrogen-bond donors (Lipinski definition) is 2. The lowest BCUT2D eigenvalue weighted by Gasteiger charge is -2.43. The first kappa shape index (κ1) is 34.6. The standard InChI is InChI=1S/C37H47N7O7/c1-24-21-26(22-31-33(24)39-36(48)50-31)23-32(34(46)42-12-8-28(9-13-42)41-19-17-40(18-20-41)25(2)45)51-37(49)43-14-10-29(11-15-43)44-16-7-27-5-3-4-6-30(27)38-35(44)47/h3-6,21-22,28-29,32H,7-20,23H2,1-2H3,(H,38,47)(H,39,48)/t32-/m1/s1. The number of aromatic nitrogens is 1. The zero-order valence-electron chi connectivity index (χ0n) is 29.4. The first-order valence-corrected chi connectivity index (χ1v) is 18.1. The second-order valence-corrected chi connectivity index (χ2v) is 14.2. The number of benzene rings is 2. The van der Waals surface area contributed by atoms with Gasteiger partial charge in [0.15, 0.2) is 11.7 Å². The lowest BCUT2D eigenvalue weighted by Crippen LogP contribution is -2.55. The fourth-order valence-corrected chi connectivity index (χ4v) is 8.16. The highest BCUT2D eigenvalue weighted by Gasteiger charge is 2.37. The van der Waals surface area contributed by atoms with Crippen molar-refractivity contribution in [3.63, 3.8) is 0 Å². The SMILES string of the molecule is CC(=O)N1CCN(C2CCN(C(=O)[C@@H](Cc3cc(C)c4[nH]c(=O)oc4c3)OC(=O)N3CCC(N4CCc5ccccc5NC4=O)CC3)CC2)CC1. The molecule has 3 saturated heterocycles. The third-order valence-electron chi connectivity index (χ3n) is 11.1. The van der Waals surface area contributed by atoms with E-state index in [9.17, 15) is 24.0 Å². The molecule has 7 rings (SSSR count). The van der Waals surface area contributed by atoms with Crippen molar-refractivity contribution >= 4 is 40.7 Å². The number of aromatic amines is 1.